The van der Waals surface area contributed by atoms with Crippen LogP contribution >= 0.6 is 23.1 Å². The standard InChI is InChI=1S/C18H16N4O2S2/c1-11-2-4-12(5-3-11)13-8-15(23)21-17(14(13)9-19)26-10-16(24)22-18-20-6-7-25-18/h2-7,13H,8,10H2,1H3,(H,21,23)(H,20,22,24)/t13-/m1/s1. The van der Waals surface area contributed by atoms with Crippen LogP contribution in [0.15, 0.2) is 46.4 Å². The zero-order valence-electron chi connectivity index (χ0n) is 14.0. The molecular formula is C18H16N4O2S2. The Morgan fingerprint density at radius 1 is 1.46 bits per heavy atom. The summed E-state index contributed by atoms with van der Waals surface area (Å²) in [5.41, 5.74) is 2.53. The van der Waals surface area contributed by atoms with Gasteiger partial charge in [-0.3, -0.25) is 9.59 Å². The summed E-state index contributed by atoms with van der Waals surface area (Å²) in [5, 5.41) is 17.8. The number of benzene rings is 1. The van der Waals surface area contributed by atoms with E-state index in [1.807, 2.05) is 31.2 Å². The highest BCUT2D eigenvalue weighted by Crippen LogP contribution is 2.36. The van der Waals surface area contributed by atoms with Gasteiger partial charge < -0.3 is 10.6 Å². The average molecular weight is 384 g/mol. The van der Waals surface area contributed by atoms with E-state index in [9.17, 15) is 14.9 Å². The van der Waals surface area contributed by atoms with Gasteiger partial charge in [0.05, 0.1) is 22.4 Å². The Hall–Kier alpha value is -2.63. The number of nitrogens with zero attached hydrogens (tertiary/aromatic N) is 2. The minimum absolute atomic E-state index is 0.0843. The fraction of sp³-hybridized carbons (Fsp3) is 0.222. The molecule has 1 aliphatic heterocycles. The van der Waals surface area contributed by atoms with Gasteiger partial charge in [0, 0.05) is 23.9 Å². The number of allylic oxidation sites excluding steroid dienone is 1. The Morgan fingerprint density at radius 2 is 2.23 bits per heavy atom. The van der Waals surface area contributed by atoms with Crippen LogP contribution in [0.2, 0.25) is 0 Å². The Bertz CT molecular complexity index is 883. The highest BCUT2D eigenvalue weighted by atomic mass is 32.2. The number of thioether (sulfide) groups is 1. The summed E-state index contributed by atoms with van der Waals surface area (Å²) in [6.45, 7) is 1.99. The van der Waals surface area contributed by atoms with E-state index in [-0.39, 0.29) is 29.9 Å². The molecule has 1 atom stereocenters. The van der Waals surface area contributed by atoms with Crippen LogP contribution in [-0.4, -0.2) is 22.6 Å². The first-order valence-corrected chi connectivity index (χ1v) is 9.76. The number of rotatable bonds is 5. The number of thiazole rings is 1. The molecule has 2 N–H and O–H groups in total. The van der Waals surface area contributed by atoms with E-state index in [1.165, 1.54) is 11.3 Å². The quantitative estimate of drug-likeness (QED) is 0.826. The predicted octanol–water partition coefficient (Wildman–Crippen LogP) is 3.16. The average Bonchev–Trinajstić information content (AvgIpc) is 3.13. The summed E-state index contributed by atoms with van der Waals surface area (Å²) >= 11 is 2.49. The van der Waals surface area contributed by atoms with E-state index >= 15 is 0 Å². The van der Waals surface area contributed by atoms with Crippen LogP contribution < -0.4 is 10.6 Å². The normalized spacial score (nSPS) is 16.8. The summed E-state index contributed by atoms with van der Waals surface area (Å²) in [4.78, 5) is 28.1. The third-order valence-corrected chi connectivity index (χ3v) is 5.57. The van der Waals surface area contributed by atoms with E-state index < -0.39 is 0 Å². The van der Waals surface area contributed by atoms with Crippen molar-refractivity contribution in [2.45, 2.75) is 19.3 Å². The van der Waals surface area contributed by atoms with Crippen LogP contribution in [0.1, 0.15) is 23.5 Å². The highest BCUT2D eigenvalue weighted by molar-refractivity contribution is 8.03. The van der Waals surface area contributed by atoms with Gasteiger partial charge in [-0.05, 0) is 12.5 Å². The fourth-order valence-electron chi connectivity index (χ4n) is 2.59. The molecular weight excluding hydrogens is 368 g/mol. The molecule has 0 aliphatic carbocycles. The summed E-state index contributed by atoms with van der Waals surface area (Å²) < 4.78 is 0. The monoisotopic (exact) mass is 384 g/mol. The summed E-state index contributed by atoms with van der Waals surface area (Å²) in [5.74, 6) is -0.598. The van der Waals surface area contributed by atoms with Crippen molar-refractivity contribution in [1.29, 1.82) is 5.26 Å². The molecule has 0 radical (unpaired) electrons. The minimum atomic E-state index is -0.293. The summed E-state index contributed by atoms with van der Waals surface area (Å²) in [7, 11) is 0. The van der Waals surface area contributed by atoms with Gasteiger partial charge in [0.25, 0.3) is 0 Å². The third kappa shape index (κ3) is 4.31. The zero-order valence-corrected chi connectivity index (χ0v) is 15.6. The first-order valence-electron chi connectivity index (χ1n) is 7.89. The lowest BCUT2D eigenvalue weighted by Gasteiger charge is -2.25. The smallest absolute Gasteiger partial charge is 0.236 e. The van der Waals surface area contributed by atoms with Gasteiger partial charge in [-0.25, -0.2) is 4.98 Å². The molecule has 2 aromatic rings. The molecule has 1 aromatic carbocycles. The second-order valence-corrected chi connectivity index (χ2v) is 7.62. The Kier molecular flexibility index (Phi) is 5.71. The summed E-state index contributed by atoms with van der Waals surface area (Å²) in [6.07, 6.45) is 1.83. The number of nitriles is 1. The van der Waals surface area contributed by atoms with Crippen molar-refractivity contribution in [1.82, 2.24) is 10.3 Å². The Morgan fingerprint density at radius 3 is 2.88 bits per heavy atom. The first kappa shape index (κ1) is 18.2. The number of carbonyl (C=O) groups excluding carboxylic acids is 2. The molecule has 2 heterocycles. The van der Waals surface area contributed by atoms with Crippen molar-refractivity contribution in [3.63, 3.8) is 0 Å². The molecule has 2 amide bonds. The van der Waals surface area contributed by atoms with Crippen molar-refractivity contribution in [3.8, 4) is 6.07 Å². The second-order valence-electron chi connectivity index (χ2n) is 5.74. The SMILES string of the molecule is Cc1ccc([C@H]2CC(=O)NC(SCC(=O)Nc3nccs3)=C2C#N)cc1. The topological polar surface area (TPSA) is 94.9 Å². The van der Waals surface area contributed by atoms with Gasteiger partial charge in [0.15, 0.2) is 5.13 Å². The van der Waals surface area contributed by atoms with Gasteiger partial charge in [0.2, 0.25) is 11.8 Å². The molecule has 6 nitrogen and oxygen atoms in total. The number of anilines is 1. The van der Waals surface area contributed by atoms with Crippen LogP contribution in [0.5, 0.6) is 0 Å². The molecule has 0 spiro atoms. The van der Waals surface area contributed by atoms with Crippen LogP contribution in [0.25, 0.3) is 0 Å². The van der Waals surface area contributed by atoms with Crippen molar-refractivity contribution in [2.24, 2.45) is 0 Å². The van der Waals surface area contributed by atoms with Crippen LogP contribution in [-0.2, 0) is 9.59 Å². The second kappa shape index (κ2) is 8.17. The van der Waals surface area contributed by atoms with Crippen molar-refractivity contribution < 1.29 is 9.59 Å². The predicted molar refractivity (Wildman–Crippen MR) is 103 cm³/mol. The molecule has 0 fully saturated rings. The van der Waals surface area contributed by atoms with Crippen molar-refractivity contribution in [3.05, 3.63) is 57.6 Å². The van der Waals surface area contributed by atoms with E-state index in [0.29, 0.717) is 15.7 Å². The lowest BCUT2D eigenvalue weighted by Crippen LogP contribution is -2.31. The van der Waals surface area contributed by atoms with Gasteiger partial charge in [-0.15, -0.1) is 11.3 Å². The molecule has 132 valence electrons. The number of amides is 2. The minimum Gasteiger partial charge on any atom is -0.320 e. The molecule has 3 rings (SSSR count). The van der Waals surface area contributed by atoms with Crippen molar-refractivity contribution in [2.75, 3.05) is 11.1 Å². The van der Waals surface area contributed by atoms with E-state index in [2.05, 4.69) is 21.7 Å². The zero-order chi connectivity index (χ0) is 18.5. The van der Waals surface area contributed by atoms with E-state index in [4.69, 9.17) is 0 Å². The molecule has 0 saturated carbocycles. The van der Waals surface area contributed by atoms with Gasteiger partial charge >= 0.3 is 0 Å². The largest absolute Gasteiger partial charge is 0.320 e. The van der Waals surface area contributed by atoms with E-state index in [0.717, 1.165) is 22.9 Å². The van der Waals surface area contributed by atoms with Crippen molar-refractivity contribution >= 4 is 40.0 Å². The maximum atomic E-state index is 12.1. The molecule has 1 aromatic heterocycles. The third-order valence-electron chi connectivity index (χ3n) is 3.86. The van der Waals surface area contributed by atoms with Crippen LogP contribution in [0.3, 0.4) is 0 Å². The number of carbonyl (C=O) groups is 2. The van der Waals surface area contributed by atoms with Gasteiger partial charge in [-0.2, -0.15) is 5.26 Å². The molecule has 0 bridgehead atoms. The number of aryl methyl sites for hydroxylation is 1. The lowest BCUT2D eigenvalue weighted by molar-refractivity contribution is -0.121. The Labute approximate surface area is 159 Å². The van der Waals surface area contributed by atoms with Gasteiger partial charge in [-0.1, -0.05) is 41.6 Å². The van der Waals surface area contributed by atoms with Crippen LogP contribution in [0, 0.1) is 18.3 Å². The molecule has 1 aliphatic rings. The highest BCUT2D eigenvalue weighted by Gasteiger charge is 2.29. The Balaban J connectivity index is 1.76. The molecule has 0 saturated heterocycles. The lowest BCUT2D eigenvalue weighted by atomic mass is 9.87. The number of hydrogen-bond acceptors (Lipinski definition) is 6. The fourth-order valence-corrected chi connectivity index (χ4v) is 4.02. The molecule has 26 heavy (non-hydrogen) atoms. The van der Waals surface area contributed by atoms with Gasteiger partial charge in [0.1, 0.15) is 0 Å². The summed E-state index contributed by atoms with van der Waals surface area (Å²) in [6, 6.07) is 10.0. The number of nitrogens with one attached hydrogen (secondary N) is 2. The van der Waals surface area contributed by atoms with Crippen LogP contribution in [0.4, 0.5) is 5.13 Å². The molecule has 8 heteroatoms. The first-order chi connectivity index (χ1) is 12.6. The van der Waals surface area contributed by atoms with E-state index in [1.54, 1.807) is 11.6 Å². The number of hydrogen-bond donors (Lipinski definition) is 2. The number of aromatic nitrogens is 1. The molecule has 0 unspecified atom stereocenters. The maximum absolute atomic E-state index is 12.1. The maximum Gasteiger partial charge on any atom is 0.236 e.